The minimum absolute atomic E-state index is 0.227. The Labute approximate surface area is 79.0 Å². The van der Waals surface area contributed by atoms with Crippen molar-refractivity contribution >= 4 is 5.91 Å². The number of benzene rings is 1. The molecular weight excluding hydrogens is 190 g/mol. The quantitative estimate of drug-likeness (QED) is 0.325. The normalized spacial score (nSPS) is 9.79. The Kier molecular flexibility index (Phi) is 2.78. The summed E-state index contributed by atoms with van der Waals surface area (Å²) in [6.07, 6.45) is 0. The van der Waals surface area contributed by atoms with Gasteiger partial charge >= 0.3 is 0 Å². The summed E-state index contributed by atoms with van der Waals surface area (Å²) in [5.74, 6) is -2.77. The SMILES string of the molecule is O=C(NCO)c1ccc(O)c(O)c1O. The van der Waals surface area contributed by atoms with Crippen LogP contribution in [0.5, 0.6) is 17.2 Å². The van der Waals surface area contributed by atoms with Gasteiger partial charge in [0.05, 0.1) is 5.56 Å². The number of phenols is 3. The van der Waals surface area contributed by atoms with Crippen LogP contribution in [0, 0.1) is 0 Å². The molecule has 1 aromatic carbocycles. The fraction of sp³-hybridized carbons (Fsp3) is 0.125. The van der Waals surface area contributed by atoms with Gasteiger partial charge in [-0.2, -0.15) is 0 Å². The van der Waals surface area contributed by atoms with Crippen LogP contribution in [-0.4, -0.2) is 33.1 Å². The summed E-state index contributed by atoms with van der Waals surface area (Å²) >= 11 is 0. The van der Waals surface area contributed by atoms with E-state index in [0.29, 0.717) is 0 Å². The van der Waals surface area contributed by atoms with E-state index in [1.54, 1.807) is 0 Å². The molecule has 0 aliphatic carbocycles. The maximum absolute atomic E-state index is 11.1. The molecule has 0 aromatic heterocycles. The summed E-state index contributed by atoms with van der Waals surface area (Å²) in [6.45, 7) is -0.583. The third-order valence-electron chi connectivity index (χ3n) is 1.61. The van der Waals surface area contributed by atoms with Crippen LogP contribution >= 0.6 is 0 Å². The maximum atomic E-state index is 11.1. The molecule has 0 radical (unpaired) electrons. The highest BCUT2D eigenvalue weighted by molar-refractivity contribution is 5.97. The van der Waals surface area contributed by atoms with Crippen LogP contribution in [0.4, 0.5) is 0 Å². The van der Waals surface area contributed by atoms with Crippen LogP contribution in [0.1, 0.15) is 10.4 Å². The topological polar surface area (TPSA) is 110 Å². The molecule has 5 N–H and O–H groups in total. The number of amides is 1. The molecule has 1 rings (SSSR count). The summed E-state index contributed by atoms with van der Waals surface area (Å²) in [5.41, 5.74) is -0.227. The number of aliphatic hydroxyl groups is 1. The lowest BCUT2D eigenvalue weighted by Crippen LogP contribution is -2.24. The molecule has 1 amide bonds. The van der Waals surface area contributed by atoms with Crippen LogP contribution in [-0.2, 0) is 0 Å². The van der Waals surface area contributed by atoms with Crippen molar-refractivity contribution in [2.45, 2.75) is 0 Å². The van der Waals surface area contributed by atoms with E-state index in [4.69, 9.17) is 15.3 Å². The predicted molar refractivity (Wildman–Crippen MR) is 46.0 cm³/mol. The van der Waals surface area contributed by atoms with Gasteiger partial charge in [0.15, 0.2) is 11.5 Å². The van der Waals surface area contributed by atoms with Crippen LogP contribution < -0.4 is 5.32 Å². The van der Waals surface area contributed by atoms with Gasteiger partial charge in [-0.1, -0.05) is 0 Å². The van der Waals surface area contributed by atoms with Gasteiger partial charge < -0.3 is 25.7 Å². The fourth-order valence-corrected chi connectivity index (χ4v) is 0.919. The highest BCUT2D eigenvalue weighted by atomic mass is 16.3. The summed E-state index contributed by atoms with van der Waals surface area (Å²) in [7, 11) is 0. The largest absolute Gasteiger partial charge is 0.504 e. The number of hydrogen-bond acceptors (Lipinski definition) is 5. The summed E-state index contributed by atoms with van der Waals surface area (Å²) in [6, 6.07) is 2.18. The Bertz CT molecular complexity index is 363. The Morgan fingerprint density at radius 2 is 1.86 bits per heavy atom. The second-order valence-corrected chi connectivity index (χ2v) is 2.49. The number of nitrogens with one attached hydrogen (secondary N) is 1. The van der Waals surface area contributed by atoms with Crippen molar-refractivity contribution in [3.05, 3.63) is 17.7 Å². The Morgan fingerprint density at radius 3 is 2.43 bits per heavy atom. The van der Waals surface area contributed by atoms with Crippen molar-refractivity contribution in [2.75, 3.05) is 6.73 Å². The first kappa shape index (κ1) is 10.1. The molecule has 0 unspecified atom stereocenters. The number of phenolic OH excluding ortho intramolecular Hbond substituents is 3. The lowest BCUT2D eigenvalue weighted by Gasteiger charge is -2.06. The van der Waals surface area contributed by atoms with Gasteiger partial charge in [-0.05, 0) is 12.1 Å². The van der Waals surface area contributed by atoms with Gasteiger partial charge in [-0.25, -0.2) is 0 Å². The van der Waals surface area contributed by atoms with E-state index >= 15 is 0 Å². The molecule has 0 spiro atoms. The smallest absolute Gasteiger partial charge is 0.256 e. The van der Waals surface area contributed by atoms with E-state index in [1.807, 2.05) is 5.32 Å². The van der Waals surface area contributed by atoms with Crippen LogP contribution in [0.25, 0.3) is 0 Å². The van der Waals surface area contributed by atoms with E-state index in [0.717, 1.165) is 12.1 Å². The number of carbonyl (C=O) groups excluding carboxylic acids is 1. The van der Waals surface area contributed by atoms with Crippen LogP contribution in [0.3, 0.4) is 0 Å². The van der Waals surface area contributed by atoms with Gasteiger partial charge in [0, 0.05) is 0 Å². The third-order valence-corrected chi connectivity index (χ3v) is 1.61. The fourth-order valence-electron chi connectivity index (χ4n) is 0.919. The molecule has 0 aliphatic rings. The van der Waals surface area contributed by atoms with Gasteiger partial charge in [0.25, 0.3) is 5.91 Å². The van der Waals surface area contributed by atoms with Crippen LogP contribution in [0.2, 0.25) is 0 Å². The molecule has 0 heterocycles. The molecule has 76 valence electrons. The number of hydrogen-bond donors (Lipinski definition) is 5. The first-order chi connectivity index (χ1) is 6.57. The molecule has 0 aliphatic heterocycles. The van der Waals surface area contributed by atoms with Gasteiger partial charge in [0.1, 0.15) is 6.73 Å². The minimum atomic E-state index is -0.768. The molecule has 0 saturated heterocycles. The molecule has 0 bridgehead atoms. The van der Waals surface area contributed by atoms with Gasteiger partial charge in [0.2, 0.25) is 5.75 Å². The third kappa shape index (κ3) is 1.69. The summed E-state index contributed by atoms with van der Waals surface area (Å²) < 4.78 is 0. The summed E-state index contributed by atoms with van der Waals surface area (Å²) in [5, 5.41) is 37.6. The average Bonchev–Trinajstić information content (AvgIpc) is 2.15. The highest BCUT2D eigenvalue weighted by Crippen LogP contribution is 2.36. The Balaban J connectivity index is 3.11. The molecule has 6 heteroatoms. The molecule has 14 heavy (non-hydrogen) atoms. The molecule has 0 saturated carbocycles. The van der Waals surface area contributed by atoms with E-state index in [9.17, 15) is 9.90 Å². The Morgan fingerprint density at radius 1 is 1.21 bits per heavy atom. The number of aliphatic hydroxyl groups excluding tert-OH is 1. The minimum Gasteiger partial charge on any atom is -0.504 e. The van der Waals surface area contributed by atoms with Crippen LogP contribution in [0.15, 0.2) is 12.1 Å². The van der Waals surface area contributed by atoms with E-state index < -0.39 is 29.9 Å². The number of rotatable bonds is 2. The summed E-state index contributed by atoms with van der Waals surface area (Å²) in [4.78, 5) is 11.1. The maximum Gasteiger partial charge on any atom is 0.256 e. The standard InChI is InChI=1S/C8H9NO5/c10-3-9-8(14)4-1-2-5(11)7(13)6(4)12/h1-2,10-13H,3H2,(H,9,14). The van der Waals surface area contributed by atoms with Crippen molar-refractivity contribution < 1.29 is 25.2 Å². The molecule has 0 fully saturated rings. The first-order valence-corrected chi connectivity index (χ1v) is 3.71. The molecule has 6 nitrogen and oxygen atoms in total. The zero-order valence-electron chi connectivity index (χ0n) is 7.06. The zero-order valence-corrected chi connectivity index (χ0v) is 7.06. The van der Waals surface area contributed by atoms with E-state index in [2.05, 4.69) is 0 Å². The van der Waals surface area contributed by atoms with Crippen molar-refractivity contribution in [1.29, 1.82) is 0 Å². The highest BCUT2D eigenvalue weighted by Gasteiger charge is 2.16. The van der Waals surface area contributed by atoms with Crippen molar-refractivity contribution in [3.8, 4) is 17.2 Å². The molecule has 0 atom stereocenters. The number of carbonyl (C=O) groups is 1. The van der Waals surface area contributed by atoms with Gasteiger partial charge in [-0.15, -0.1) is 0 Å². The molecule has 1 aromatic rings. The van der Waals surface area contributed by atoms with Crippen molar-refractivity contribution in [3.63, 3.8) is 0 Å². The Hall–Kier alpha value is -1.95. The average molecular weight is 199 g/mol. The second-order valence-electron chi connectivity index (χ2n) is 2.49. The first-order valence-electron chi connectivity index (χ1n) is 3.71. The van der Waals surface area contributed by atoms with E-state index in [-0.39, 0.29) is 5.56 Å². The van der Waals surface area contributed by atoms with Crippen molar-refractivity contribution in [1.82, 2.24) is 5.32 Å². The predicted octanol–water partition coefficient (Wildman–Crippen LogP) is -0.517. The zero-order chi connectivity index (χ0) is 10.7. The molecular formula is C8H9NO5. The number of aromatic hydroxyl groups is 3. The van der Waals surface area contributed by atoms with E-state index in [1.165, 1.54) is 0 Å². The van der Waals surface area contributed by atoms with Gasteiger partial charge in [-0.3, -0.25) is 4.79 Å². The van der Waals surface area contributed by atoms with Crippen molar-refractivity contribution in [2.24, 2.45) is 0 Å². The lowest BCUT2D eigenvalue weighted by atomic mass is 10.1. The second kappa shape index (κ2) is 3.84. The lowest BCUT2D eigenvalue weighted by molar-refractivity contribution is 0.0907. The monoisotopic (exact) mass is 199 g/mol.